The molecule has 1 aliphatic rings. The van der Waals surface area contributed by atoms with E-state index in [9.17, 15) is 8.78 Å². The van der Waals surface area contributed by atoms with Gasteiger partial charge in [-0.1, -0.05) is 20.8 Å². The van der Waals surface area contributed by atoms with E-state index in [2.05, 4.69) is 24.1 Å². The first-order chi connectivity index (χ1) is 9.02. The molecule has 0 amide bonds. The number of nitrogens with one attached hydrogen (secondary N) is 1. The molecule has 19 heavy (non-hydrogen) atoms. The molecule has 1 aromatic rings. The van der Waals surface area contributed by atoms with Crippen molar-refractivity contribution in [3.05, 3.63) is 17.7 Å². The van der Waals surface area contributed by atoms with Crippen LogP contribution < -0.4 is 10.2 Å². The minimum atomic E-state index is -0.630. The second-order valence-corrected chi connectivity index (χ2v) is 5.41. The molecule has 2 rings (SSSR count). The van der Waals surface area contributed by atoms with Crippen LogP contribution in [-0.2, 0) is 0 Å². The highest BCUT2D eigenvalue weighted by Crippen LogP contribution is 2.30. The molecule has 5 heteroatoms. The van der Waals surface area contributed by atoms with Gasteiger partial charge in [0.25, 0.3) is 0 Å². The lowest BCUT2D eigenvalue weighted by atomic mass is 10.0. The van der Waals surface area contributed by atoms with Gasteiger partial charge in [-0.2, -0.15) is 0 Å². The number of hydrogen-bond donors (Lipinski definition) is 1. The maximum Gasteiger partial charge on any atom is 0.168 e. The van der Waals surface area contributed by atoms with Crippen LogP contribution in [-0.4, -0.2) is 24.6 Å². The first-order valence-electron chi connectivity index (χ1n) is 6.87. The Kier molecular flexibility index (Phi) is 4.22. The van der Waals surface area contributed by atoms with Crippen molar-refractivity contribution in [2.24, 2.45) is 11.8 Å². The number of rotatable bonds is 4. The van der Waals surface area contributed by atoms with Crippen LogP contribution in [0.15, 0.2) is 6.07 Å². The molecule has 2 atom stereocenters. The molecule has 2 unspecified atom stereocenters. The van der Waals surface area contributed by atoms with E-state index in [-0.39, 0.29) is 11.6 Å². The Hall–Kier alpha value is -1.39. The number of aromatic nitrogens is 1. The van der Waals surface area contributed by atoms with E-state index in [1.165, 1.54) is 0 Å². The molecule has 0 bridgehead atoms. The second kappa shape index (κ2) is 5.72. The average Bonchev–Trinajstić information content (AvgIpc) is 2.68. The molecule has 1 fully saturated rings. The van der Waals surface area contributed by atoms with Gasteiger partial charge in [-0.3, -0.25) is 0 Å². The summed E-state index contributed by atoms with van der Waals surface area (Å²) in [5, 5.41) is 2.90. The summed E-state index contributed by atoms with van der Waals surface area (Å²) in [7, 11) is 0. The fraction of sp³-hybridized carbons (Fsp3) is 0.643. The topological polar surface area (TPSA) is 28.2 Å². The standard InChI is InChI=1S/C14H21F2N3/c1-4-5-17-13-11(15)6-12(16)14(18-13)19-7-9(2)10(3)8-19/h6,9-10H,4-5,7-8H2,1-3H3,(H,17,18). The van der Waals surface area contributed by atoms with Gasteiger partial charge in [0, 0.05) is 25.7 Å². The fourth-order valence-corrected chi connectivity index (χ4v) is 2.35. The zero-order valence-corrected chi connectivity index (χ0v) is 11.7. The highest BCUT2D eigenvalue weighted by Gasteiger charge is 2.29. The molecular weight excluding hydrogens is 248 g/mol. The quantitative estimate of drug-likeness (QED) is 0.909. The zero-order chi connectivity index (χ0) is 14.0. The molecule has 1 N–H and O–H groups in total. The van der Waals surface area contributed by atoms with Crippen LogP contribution in [0.4, 0.5) is 20.4 Å². The SMILES string of the molecule is CCCNc1nc(N2CC(C)C(C)C2)c(F)cc1F. The third-order valence-corrected chi connectivity index (χ3v) is 3.74. The summed E-state index contributed by atoms with van der Waals surface area (Å²) in [5.74, 6) is 0.189. The van der Waals surface area contributed by atoms with Crippen LogP contribution >= 0.6 is 0 Å². The highest BCUT2D eigenvalue weighted by molar-refractivity contribution is 5.50. The summed E-state index contributed by atoms with van der Waals surface area (Å²) in [6, 6.07) is 0.925. The predicted octanol–water partition coefficient (Wildman–Crippen LogP) is 3.27. The van der Waals surface area contributed by atoms with E-state index in [4.69, 9.17) is 0 Å². The number of nitrogens with zero attached hydrogens (tertiary/aromatic N) is 2. The lowest BCUT2D eigenvalue weighted by Crippen LogP contribution is -2.23. The van der Waals surface area contributed by atoms with Crippen LogP contribution in [0.25, 0.3) is 0 Å². The number of anilines is 2. The molecule has 3 nitrogen and oxygen atoms in total. The summed E-state index contributed by atoms with van der Waals surface area (Å²) >= 11 is 0. The Labute approximate surface area is 113 Å². The minimum absolute atomic E-state index is 0.144. The van der Waals surface area contributed by atoms with Crippen molar-refractivity contribution in [3.8, 4) is 0 Å². The Balaban J connectivity index is 2.25. The Morgan fingerprint density at radius 3 is 2.47 bits per heavy atom. The maximum atomic E-state index is 13.9. The van der Waals surface area contributed by atoms with Crippen molar-refractivity contribution >= 4 is 11.6 Å². The van der Waals surface area contributed by atoms with Gasteiger partial charge in [0.05, 0.1) is 0 Å². The monoisotopic (exact) mass is 269 g/mol. The van der Waals surface area contributed by atoms with Crippen LogP contribution in [0.2, 0.25) is 0 Å². The molecule has 0 radical (unpaired) electrons. The first-order valence-corrected chi connectivity index (χ1v) is 6.87. The molecule has 0 aromatic carbocycles. The van der Waals surface area contributed by atoms with Gasteiger partial charge < -0.3 is 10.2 Å². The molecule has 106 valence electrons. The molecule has 1 aliphatic heterocycles. The van der Waals surface area contributed by atoms with Crippen molar-refractivity contribution < 1.29 is 8.78 Å². The van der Waals surface area contributed by atoms with Gasteiger partial charge in [0.2, 0.25) is 0 Å². The smallest absolute Gasteiger partial charge is 0.168 e. The van der Waals surface area contributed by atoms with Crippen LogP contribution in [0, 0.1) is 23.5 Å². The van der Waals surface area contributed by atoms with E-state index in [1.807, 2.05) is 11.8 Å². The van der Waals surface area contributed by atoms with Gasteiger partial charge in [-0.05, 0) is 18.3 Å². The normalized spacial score (nSPS) is 22.9. The zero-order valence-electron chi connectivity index (χ0n) is 11.7. The maximum absolute atomic E-state index is 13.9. The van der Waals surface area contributed by atoms with Crippen molar-refractivity contribution in [2.45, 2.75) is 27.2 Å². The molecule has 0 saturated carbocycles. The van der Waals surface area contributed by atoms with E-state index in [1.54, 1.807) is 0 Å². The average molecular weight is 269 g/mol. The summed E-state index contributed by atoms with van der Waals surface area (Å²) in [6.45, 7) is 8.43. The fourth-order valence-electron chi connectivity index (χ4n) is 2.35. The molecular formula is C14H21F2N3. The van der Waals surface area contributed by atoms with Gasteiger partial charge >= 0.3 is 0 Å². The Morgan fingerprint density at radius 2 is 1.89 bits per heavy atom. The van der Waals surface area contributed by atoms with Gasteiger partial charge in [-0.25, -0.2) is 13.8 Å². The highest BCUT2D eigenvalue weighted by atomic mass is 19.1. The van der Waals surface area contributed by atoms with Gasteiger partial charge in [0.1, 0.15) is 0 Å². The first kappa shape index (κ1) is 14.0. The van der Waals surface area contributed by atoms with Crippen LogP contribution in [0.5, 0.6) is 0 Å². The Morgan fingerprint density at radius 1 is 1.26 bits per heavy atom. The van der Waals surface area contributed by atoms with Crippen molar-refractivity contribution in [1.82, 2.24) is 4.98 Å². The van der Waals surface area contributed by atoms with E-state index in [0.717, 1.165) is 25.6 Å². The van der Waals surface area contributed by atoms with E-state index >= 15 is 0 Å². The Bertz CT molecular complexity index is 441. The third kappa shape index (κ3) is 2.96. The molecule has 0 spiro atoms. The van der Waals surface area contributed by atoms with Gasteiger partial charge in [0.15, 0.2) is 23.3 Å². The predicted molar refractivity (Wildman–Crippen MR) is 73.5 cm³/mol. The summed E-state index contributed by atoms with van der Waals surface area (Å²) in [6.07, 6.45) is 0.867. The molecule has 1 saturated heterocycles. The summed E-state index contributed by atoms with van der Waals surface area (Å²) in [4.78, 5) is 6.03. The van der Waals surface area contributed by atoms with Crippen molar-refractivity contribution in [1.29, 1.82) is 0 Å². The summed E-state index contributed by atoms with van der Waals surface area (Å²) < 4.78 is 27.5. The number of pyridine rings is 1. The van der Waals surface area contributed by atoms with E-state index in [0.29, 0.717) is 18.4 Å². The van der Waals surface area contributed by atoms with E-state index < -0.39 is 11.6 Å². The van der Waals surface area contributed by atoms with Gasteiger partial charge in [-0.15, -0.1) is 0 Å². The molecule has 1 aromatic heterocycles. The second-order valence-electron chi connectivity index (χ2n) is 5.41. The number of halogens is 2. The largest absolute Gasteiger partial charge is 0.368 e. The minimum Gasteiger partial charge on any atom is -0.368 e. The summed E-state index contributed by atoms with van der Waals surface area (Å²) in [5.41, 5.74) is 0. The molecule has 2 heterocycles. The lowest BCUT2D eigenvalue weighted by Gasteiger charge is -2.19. The third-order valence-electron chi connectivity index (χ3n) is 3.74. The lowest BCUT2D eigenvalue weighted by molar-refractivity contribution is 0.494. The molecule has 0 aliphatic carbocycles. The number of hydrogen-bond acceptors (Lipinski definition) is 3. The van der Waals surface area contributed by atoms with Crippen LogP contribution in [0.1, 0.15) is 27.2 Å². The van der Waals surface area contributed by atoms with Crippen molar-refractivity contribution in [3.63, 3.8) is 0 Å². The van der Waals surface area contributed by atoms with Crippen LogP contribution in [0.3, 0.4) is 0 Å². The van der Waals surface area contributed by atoms with Crippen molar-refractivity contribution in [2.75, 3.05) is 29.9 Å².